The van der Waals surface area contributed by atoms with Crippen LogP contribution in [0.15, 0.2) is 23.3 Å². The Labute approximate surface area is 106 Å². The van der Waals surface area contributed by atoms with Gasteiger partial charge in [-0.1, -0.05) is 12.8 Å². The van der Waals surface area contributed by atoms with E-state index in [-0.39, 0.29) is 16.9 Å². The van der Waals surface area contributed by atoms with Crippen molar-refractivity contribution in [3.8, 4) is 0 Å². The van der Waals surface area contributed by atoms with Crippen molar-refractivity contribution in [2.75, 3.05) is 13.2 Å². The van der Waals surface area contributed by atoms with Crippen LogP contribution in [0.5, 0.6) is 0 Å². The zero-order valence-corrected chi connectivity index (χ0v) is 10.3. The van der Waals surface area contributed by atoms with Gasteiger partial charge in [-0.25, -0.2) is 0 Å². The molecule has 0 saturated heterocycles. The van der Waals surface area contributed by atoms with Gasteiger partial charge in [-0.3, -0.25) is 9.59 Å². The van der Waals surface area contributed by atoms with Gasteiger partial charge in [0.2, 0.25) is 0 Å². The second kappa shape index (κ2) is 6.35. The van der Waals surface area contributed by atoms with Gasteiger partial charge in [-0.05, 0) is 12.8 Å². The van der Waals surface area contributed by atoms with E-state index in [0.29, 0.717) is 19.3 Å². The Balaban J connectivity index is 1.72. The molecule has 1 saturated carbocycles. The number of H-pyrrole nitrogens is 1. The highest BCUT2D eigenvalue weighted by atomic mass is 16.5. The van der Waals surface area contributed by atoms with E-state index in [9.17, 15) is 9.59 Å². The van der Waals surface area contributed by atoms with Gasteiger partial charge >= 0.3 is 0 Å². The molecule has 1 fully saturated rings. The number of ether oxygens (including phenoxy) is 1. The number of hydrogen-bond donors (Lipinski definition) is 2. The fourth-order valence-corrected chi connectivity index (χ4v) is 2.13. The topological polar surface area (TPSA) is 71.2 Å². The fourth-order valence-electron chi connectivity index (χ4n) is 2.13. The molecule has 0 aliphatic heterocycles. The highest BCUT2D eigenvalue weighted by Gasteiger charge is 2.15. The second-order valence-electron chi connectivity index (χ2n) is 4.46. The molecular formula is C13H18N2O3. The SMILES string of the molecule is O=C(NCCOC1CCCC1)c1c[nH]ccc1=O. The standard InChI is InChI=1S/C13H18N2O3/c16-12-5-6-14-9-11(12)13(17)15-7-8-18-10-3-1-2-4-10/h5-6,9-10H,1-4,7-8H2,(H,14,16)(H,15,17). The van der Waals surface area contributed by atoms with Crippen LogP contribution in [0, 0.1) is 0 Å². The molecule has 5 nitrogen and oxygen atoms in total. The van der Waals surface area contributed by atoms with Gasteiger partial charge in [-0.2, -0.15) is 0 Å². The Morgan fingerprint density at radius 2 is 2.22 bits per heavy atom. The molecular weight excluding hydrogens is 232 g/mol. The Hall–Kier alpha value is -1.62. The summed E-state index contributed by atoms with van der Waals surface area (Å²) >= 11 is 0. The first-order valence-electron chi connectivity index (χ1n) is 6.34. The molecule has 98 valence electrons. The average molecular weight is 250 g/mol. The first kappa shape index (κ1) is 12.8. The molecule has 1 aromatic heterocycles. The van der Waals surface area contributed by atoms with Crippen LogP contribution >= 0.6 is 0 Å². The number of amides is 1. The van der Waals surface area contributed by atoms with Crippen molar-refractivity contribution in [1.29, 1.82) is 0 Å². The number of aromatic nitrogens is 1. The smallest absolute Gasteiger partial charge is 0.256 e. The van der Waals surface area contributed by atoms with Gasteiger partial charge < -0.3 is 15.0 Å². The molecule has 0 spiro atoms. The van der Waals surface area contributed by atoms with Crippen LogP contribution in [0.4, 0.5) is 0 Å². The van der Waals surface area contributed by atoms with Crippen molar-refractivity contribution < 1.29 is 9.53 Å². The summed E-state index contributed by atoms with van der Waals surface area (Å²) in [6, 6.07) is 1.34. The molecule has 5 heteroatoms. The van der Waals surface area contributed by atoms with E-state index >= 15 is 0 Å². The first-order chi connectivity index (χ1) is 8.77. The Morgan fingerprint density at radius 1 is 1.44 bits per heavy atom. The molecule has 1 aromatic rings. The van der Waals surface area contributed by atoms with Crippen LogP contribution in [-0.4, -0.2) is 30.1 Å². The molecule has 0 radical (unpaired) electrons. The number of hydrogen-bond acceptors (Lipinski definition) is 3. The second-order valence-corrected chi connectivity index (χ2v) is 4.46. The monoisotopic (exact) mass is 250 g/mol. The molecule has 18 heavy (non-hydrogen) atoms. The minimum atomic E-state index is -0.355. The van der Waals surface area contributed by atoms with Crippen molar-refractivity contribution >= 4 is 5.91 Å². The van der Waals surface area contributed by atoms with E-state index in [0.717, 1.165) is 12.8 Å². The Kier molecular flexibility index (Phi) is 4.52. The van der Waals surface area contributed by atoms with Crippen molar-refractivity contribution in [2.45, 2.75) is 31.8 Å². The molecule has 0 unspecified atom stereocenters. The number of nitrogens with one attached hydrogen (secondary N) is 2. The summed E-state index contributed by atoms with van der Waals surface area (Å²) in [5.74, 6) is -0.355. The Morgan fingerprint density at radius 3 is 2.94 bits per heavy atom. The summed E-state index contributed by atoms with van der Waals surface area (Å²) in [4.78, 5) is 25.8. The first-order valence-corrected chi connectivity index (χ1v) is 6.34. The van der Waals surface area contributed by atoms with Gasteiger partial charge in [0.05, 0.1) is 12.7 Å². The van der Waals surface area contributed by atoms with Gasteiger partial charge in [0.1, 0.15) is 5.56 Å². The van der Waals surface area contributed by atoms with E-state index in [4.69, 9.17) is 4.74 Å². The molecule has 1 aliphatic rings. The summed E-state index contributed by atoms with van der Waals surface area (Å²) < 4.78 is 5.62. The summed E-state index contributed by atoms with van der Waals surface area (Å²) in [5.41, 5.74) is -0.138. The minimum Gasteiger partial charge on any atom is -0.376 e. The van der Waals surface area contributed by atoms with Gasteiger partial charge in [0.15, 0.2) is 5.43 Å². The van der Waals surface area contributed by atoms with Crippen LogP contribution in [0.2, 0.25) is 0 Å². The normalized spacial score (nSPS) is 15.8. The molecule has 0 atom stereocenters. The van der Waals surface area contributed by atoms with E-state index in [2.05, 4.69) is 10.3 Å². The number of carbonyl (C=O) groups excluding carboxylic acids is 1. The molecule has 0 aromatic carbocycles. The van der Waals surface area contributed by atoms with Crippen molar-refractivity contribution in [2.24, 2.45) is 0 Å². The lowest BCUT2D eigenvalue weighted by Crippen LogP contribution is -2.31. The maximum Gasteiger partial charge on any atom is 0.256 e. The van der Waals surface area contributed by atoms with Crippen molar-refractivity contribution in [3.63, 3.8) is 0 Å². The predicted octanol–water partition coefficient (Wildman–Crippen LogP) is 1.06. The largest absolute Gasteiger partial charge is 0.376 e. The highest BCUT2D eigenvalue weighted by molar-refractivity contribution is 5.93. The minimum absolute atomic E-state index is 0.137. The molecule has 1 amide bonds. The lowest BCUT2D eigenvalue weighted by atomic mass is 10.2. The lowest BCUT2D eigenvalue weighted by molar-refractivity contribution is 0.0581. The molecule has 0 bridgehead atoms. The van der Waals surface area contributed by atoms with Crippen molar-refractivity contribution in [3.05, 3.63) is 34.2 Å². The van der Waals surface area contributed by atoms with E-state index < -0.39 is 0 Å². The molecule has 2 rings (SSSR count). The number of aromatic amines is 1. The zero-order chi connectivity index (χ0) is 12.8. The van der Waals surface area contributed by atoms with Crippen LogP contribution in [0.25, 0.3) is 0 Å². The van der Waals surface area contributed by atoms with Crippen LogP contribution in [0.1, 0.15) is 36.0 Å². The van der Waals surface area contributed by atoms with E-state index in [1.165, 1.54) is 31.3 Å². The van der Waals surface area contributed by atoms with E-state index in [1.807, 2.05) is 0 Å². The average Bonchev–Trinajstić information content (AvgIpc) is 2.88. The van der Waals surface area contributed by atoms with Gasteiger partial charge in [0, 0.05) is 25.0 Å². The number of pyridine rings is 1. The van der Waals surface area contributed by atoms with Crippen LogP contribution in [0.3, 0.4) is 0 Å². The summed E-state index contributed by atoms with van der Waals surface area (Å²) in [6.45, 7) is 0.935. The third-order valence-corrected chi connectivity index (χ3v) is 3.11. The van der Waals surface area contributed by atoms with Gasteiger partial charge in [0.25, 0.3) is 5.91 Å². The zero-order valence-electron chi connectivity index (χ0n) is 10.3. The molecule has 1 aliphatic carbocycles. The van der Waals surface area contributed by atoms with Crippen LogP contribution < -0.4 is 10.7 Å². The van der Waals surface area contributed by atoms with Crippen LogP contribution in [-0.2, 0) is 4.74 Å². The third kappa shape index (κ3) is 3.43. The summed E-state index contributed by atoms with van der Waals surface area (Å²) in [7, 11) is 0. The molecule has 1 heterocycles. The van der Waals surface area contributed by atoms with Crippen molar-refractivity contribution in [1.82, 2.24) is 10.3 Å². The fraction of sp³-hybridized carbons (Fsp3) is 0.538. The van der Waals surface area contributed by atoms with E-state index in [1.54, 1.807) is 0 Å². The maximum atomic E-state index is 11.7. The third-order valence-electron chi connectivity index (χ3n) is 3.11. The quantitative estimate of drug-likeness (QED) is 0.768. The maximum absolute atomic E-state index is 11.7. The highest BCUT2D eigenvalue weighted by Crippen LogP contribution is 2.20. The number of rotatable bonds is 5. The Bertz CT molecular complexity index is 450. The molecule has 2 N–H and O–H groups in total. The number of carbonyl (C=O) groups is 1. The summed E-state index contributed by atoms with van der Waals surface area (Å²) in [6.07, 6.45) is 7.96. The predicted molar refractivity (Wildman–Crippen MR) is 67.6 cm³/mol. The summed E-state index contributed by atoms with van der Waals surface area (Å²) in [5, 5.41) is 2.68. The van der Waals surface area contributed by atoms with Gasteiger partial charge in [-0.15, -0.1) is 0 Å². The lowest BCUT2D eigenvalue weighted by Gasteiger charge is -2.11.